The van der Waals surface area contributed by atoms with Crippen molar-refractivity contribution in [2.75, 3.05) is 19.0 Å². The average molecular weight is 545 g/mol. The van der Waals surface area contributed by atoms with E-state index in [1.54, 1.807) is 18.3 Å². The predicted octanol–water partition coefficient (Wildman–Crippen LogP) is 4.10. The van der Waals surface area contributed by atoms with E-state index in [0.717, 1.165) is 16.6 Å². The van der Waals surface area contributed by atoms with E-state index in [4.69, 9.17) is 14.5 Å². The van der Waals surface area contributed by atoms with Crippen LogP contribution in [-0.4, -0.2) is 48.2 Å². The fraction of sp³-hybridized carbons (Fsp3) is 0.310. The van der Waals surface area contributed by atoms with Gasteiger partial charge in [-0.1, -0.05) is 18.6 Å². The normalized spacial score (nSPS) is 16.6. The molecule has 39 heavy (non-hydrogen) atoms. The van der Waals surface area contributed by atoms with Gasteiger partial charge in [0.05, 0.1) is 59.6 Å². The van der Waals surface area contributed by atoms with Crippen molar-refractivity contribution in [3.05, 3.63) is 77.6 Å². The lowest BCUT2D eigenvalue weighted by molar-refractivity contribution is 0.0950. The van der Waals surface area contributed by atoms with Crippen molar-refractivity contribution < 1.29 is 22.7 Å². The van der Waals surface area contributed by atoms with E-state index in [0.29, 0.717) is 35.4 Å². The van der Waals surface area contributed by atoms with Crippen LogP contribution < -0.4 is 10.1 Å². The summed E-state index contributed by atoms with van der Waals surface area (Å²) in [5, 5.41) is 3.70. The molecule has 10 heteroatoms. The molecule has 2 aliphatic rings. The molecule has 4 heterocycles. The van der Waals surface area contributed by atoms with E-state index in [2.05, 4.69) is 15.3 Å². The van der Waals surface area contributed by atoms with Crippen molar-refractivity contribution in [1.82, 2.24) is 20.3 Å². The van der Waals surface area contributed by atoms with Crippen LogP contribution in [0.15, 0.2) is 65.7 Å². The number of carbonyl (C=O) groups excluding carboxylic acids is 1. The summed E-state index contributed by atoms with van der Waals surface area (Å²) in [4.78, 5) is 26.9. The number of aromatic nitrogens is 3. The summed E-state index contributed by atoms with van der Waals surface area (Å²) in [6.07, 6.45) is 5.42. The monoisotopic (exact) mass is 544 g/mol. The fourth-order valence-corrected chi connectivity index (χ4v) is 6.03. The number of fused-ring (bicyclic) bond motifs is 2. The zero-order chi connectivity index (χ0) is 26.8. The second-order valence-electron chi connectivity index (χ2n) is 9.91. The number of hydrogen-bond acceptors (Lipinski definition) is 8. The van der Waals surface area contributed by atoms with Crippen LogP contribution in [0, 0.1) is 5.92 Å². The summed E-state index contributed by atoms with van der Waals surface area (Å²) in [5.74, 6) is 0.733. The maximum absolute atomic E-state index is 12.9. The first-order chi connectivity index (χ1) is 18.9. The van der Waals surface area contributed by atoms with E-state index >= 15 is 0 Å². The number of benzene rings is 1. The molecule has 0 atom stereocenters. The Morgan fingerprint density at radius 2 is 1.92 bits per heavy atom. The van der Waals surface area contributed by atoms with Gasteiger partial charge >= 0.3 is 0 Å². The predicted molar refractivity (Wildman–Crippen MR) is 145 cm³/mol. The summed E-state index contributed by atoms with van der Waals surface area (Å²) in [5.41, 5.74) is 3.62. The highest BCUT2D eigenvalue weighted by atomic mass is 32.2. The number of amides is 1. The molecule has 1 aliphatic heterocycles. The molecular weight excluding hydrogens is 516 g/mol. The number of pyridine rings is 3. The highest BCUT2D eigenvalue weighted by molar-refractivity contribution is 7.91. The maximum Gasteiger partial charge on any atom is 0.251 e. The third kappa shape index (κ3) is 5.62. The number of sulfone groups is 1. The molecule has 0 unspecified atom stereocenters. The Hall–Kier alpha value is -3.89. The first-order valence-electron chi connectivity index (χ1n) is 13.0. The summed E-state index contributed by atoms with van der Waals surface area (Å²) >= 11 is 0. The van der Waals surface area contributed by atoms with Crippen LogP contribution in [0.5, 0.6) is 5.88 Å². The first-order valence-corrected chi connectivity index (χ1v) is 14.7. The van der Waals surface area contributed by atoms with Crippen molar-refractivity contribution in [3.63, 3.8) is 0 Å². The van der Waals surface area contributed by atoms with E-state index in [-0.39, 0.29) is 41.9 Å². The number of hydrogen-bond donors (Lipinski definition) is 1. The molecule has 3 aromatic heterocycles. The molecule has 1 aliphatic carbocycles. The van der Waals surface area contributed by atoms with Crippen LogP contribution in [0.2, 0.25) is 0 Å². The Bertz CT molecular complexity index is 1650. The molecule has 1 saturated carbocycles. The lowest BCUT2D eigenvalue weighted by Crippen LogP contribution is -2.23. The van der Waals surface area contributed by atoms with Crippen molar-refractivity contribution in [2.24, 2.45) is 5.92 Å². The van der Waals surface area contributed by atoms with Crippen LogP contribution in [-0.2, 0) is 27.7 Å². The quantitative estimate of drug-likeness (QED) is 0.369. The summed E-state index contributed by atoms with van der Waals surface area (Å²) < 4.78 is 36.4. The Labute approximate surface area is 226 Å². The largest absolute Gasteiger partial charge is 0.477 e. The van der Waals surface area contributed by atoms with Gasteiger partial charge in [0.15, 0.2) is 9.84 Å². The van der Waals surface area contributed by atoms with Crippen LogP contribution in [0.4, 0.5) is 0 Å². The van der Waals surface area contributed by atoms with Crippen LogP contribution >= 0.6 is 0 Å². The molecule has 0 spiro atoms. The Balaban J connectivity index is 1.17. The number of ether oxygens (including phenoxy) is 2. The Kier molecular flexibility index (Phi) is 6.97. The lowest BCUT2D eigenvalue weighted by Gasteiger charge is -2.24. The van der Waals surface area contributed by atoms with Gasteiger partial charge in [-0.15, -0.1) is 0 Å². The van der Waals surface area contributed by atoms with Crippen LogP contribution in [0.25, 0.3) is 22.3 Å². The van der Waals surface area contributed by atoms with E-state index in [9.17, 15) is 13.2 Å². The van der Waals surface area contributed by atoms with Gasteiger partial charge in [0.1, 0.15) is 0 Å². The zero-order valence-corrected chi connectivity index (χ0v) is 22.1. The molecule has 0 saturated heterocycles. The van der Waals surface area contributed by atoms with Gasteiger partial charge < -0.3 is 14.8 Å². The molecule has 9 nitrogen and oxygen atoms in total. The lowest BCUT2D eigenvalue weighted by atomic mass is 9.86. The molecule has 0 bridgehead atoms. The van der Waals surface area contributed by atoms with Gasteiger partial charge in [-0.2, -0.15) is 0 Å². The Morgan fingerprint density at radius 1 is 1.05 bits per heavy atom. The highest BCUT2D eigenvalue weighted by Crippen LogP contribution is 2.28. The molecule has 200 valence electrons. The molecular formula is C29H28N4O5S. The summed E-state index contributed by atoms with van der Waals surface area (Å²) in [6.45, 7) is 1.20. The molecule has 6 rings (SSSR count). The molecule has 1 fully saturated rings. The molecule has 0 radical (unpaired) electrons. The third-order valence-electron chi connectivity index (χ3n) is 7.16. The van der Waals surface area contributed by atoms with Crippen molar-refractivity contribution in [1.29, 1.82) is 0 Å². The maximum atomic E-state index is 12.9. The minimum absolute atomic E-state index is 0.103. The van der Waals surface area contributed by atoms with Crippen molar-refractivity contribution in [2.45, 2.75) is 37.3 Å². The van der Waals surface area contributed by atoms with Crippen LogP contribution in [0.1, 0.15) is 40.9 Å². The van der Waals surface area contributed by atoms with Crippen molar-refractivity contribution in [3.8, 4) is 17.3 Å². The minimum Gasteiger partial charge on any atom is -0.477 e. The third-order valence-corrected chi connectivity index (χ3v) is 8.91. The standard InChI is InChI=1S/C29H28N4O5S/c34-29(20-7-8-22-18-37-11-12-39(35,36)27(22)13-20)31-16-23-14-26-21(15-30-23)9-10-25(32-26)24-5-2-6-28(33-24)38-17-19-3-1-4-19/h2,5-10,13-15,19H,1,3-4,11-12,16-18H2,(H,31,34). The molecule has 4 aromatic rings. The number of rotatable bonds is 7. The summed E-state index contributed by atoms with van der Waals surface area (Å²) in [6, 6.07) is 16.0. The Morgan fingerprint density at radius 3 is 2.77 bits per heavy atom. The van der Waals surface area contributed by atoms with E-state index in [1.807, 2.05) is 36.4 Å². The van der Waals surface area contributed by atoms with Gasteiger partial charge in [0.25, 0.3) is 5.91 Å². The van der Waals surface area contributed by atoms with Crippen molar-refractivity contribution >= 4 is 26.6 Å². The van der Waals surface area contributed by atoms with E-state index in [1.165, 1.54) is 25.3 Å². The smallest absolute Gasteiger partial charge is 0.251 e. The first kappa shape index (κ1) is 25.4. The average Bonchev–Trinajstić information content (AvgIpc) is 3.08. The molecule has 1 N–H and O–H groups in total. The van der Waals surface area contributed by atoms with Gasteiger partial charge in [-0.3, -0.25) is 9.78 Å². The van der Waals surface area contributed by atoms with E-state index < -0.39 is 9.84 Å². The molecule has 1 amide bonds. The minimum atomic E-state index is -3.50. The molecule has 1 aromatic carbocycles. The van der Waals surface area contributed by atoms with Gasteiger partial charge in [0.2, 0.25) is 5.88 Å². The van der Waals surface area contributed by atoms with Gasteiger partial charge in [0, 0.05) is 23.2 Å². The second-order valence-corrected chi connectivity index (χ2v) is 12.0. The number of nitrogens with one attached hydrogen (secondary N) is 1. The van der Waals surface area contributed by atoms with Crippen LogP contribution in [0.3, 0.4) is 0 Å². The SMILES string of the molecule is O=C(NCc1cc2nc(-c3cccc(OCC4CCC4)n3)ccc2cn1)c1ccc2c(c1)S(=O)(=O)CCOC2. The van der Waals surface area contributed by atoms with Gasteiger partial charge in [-0.05, 0) is 60.7 Å². The fourth-order valence-electron chi connectivity index (χ4n) is 4.64. The van der Waals surface area contributed by atoms with Gasteiger partial charge in [-0.25, -0.2) is 18.4 Å². The number of nitrogens with zero attached hydrogens (tertiary/aromatic N) is 3. The highest BCUT2D eigenvalue weighted by Gasteiger charge is 2.24. The summed E-state index contributed by atoms with van der Waals surface area (Å²) in [7, 11) is -3.50. The second kappa shape index (κ2) is 10.7. The number of carbonyl (C=O) groups is 1. The topological polar surface area (TPSA) is 120 Å². The zero-order valence-electron chi connectivity index (χ0n) is 21.3.